The Bertz CT molecular complexity index is 898. The van der Waals surface area contributed by atoms with Gasteiger partial charge in [0.25, 0.3) is 5.91 Å². The lowest BCUT2D eigenvalue weighted by Crippen LogP contribution is -2.21. The predicted octanol–water partition coefficient (Wildman–Crippen LogP) is 4.53. The van der Waals surface area contributed by atoms with Crippen molar-refractivity contribution in [3.05, 3.63) is 50.5 Å². The lowest BCUT2D eigenvalue weighted by atomic mass is 10.1. The molecule has 4 nitrogen and oxygen atoms in total. The summed E-state index contributed by atoms with van der Waals surface area (Å²) in [6.07, 6.45) is -4.89. The molecule has 1 aromatic heterocycles. The second kappa shape index (κ2) is 8.35. The molecular formula is C18H20F4N2O2S. The molecule has 2 rings (SSSR count). The van der Waals surface area contributed by atoms with E-state index in [4.69, 9.17) is 4.74 Å². The zero-order valence-corrected chi connectivity index (χ0v) is 16.2. The summed E-state index contributed by atoms with van der Waals surface area (Å²) >= 11 is 1.26. The summed E-state index contributed by atoms with van der Waals surface area (Å²) in [6.45, 7) is 6.63. The third-order valence-electron chi connectivity index (χ3n) is 3.97. The summed E-state index contributed by atoms with van der Waals surface area (Å²) in [7, 11) is 1.53. The molecule has 0 radical (unpaired) electrons. The van der Waals surface area contributed by atoms with Gasteiger partial charge in [-0.15, -0.1) is 11.3 Å². The number of thiazole rings is 1. The van der Waals surface area contributed by atoms with Crippen LogP contribution in [0, 0.1) is 12.7 Å². The van der Waals surface area contributed by atoms with Gasteiger partial charge in [-0.05, 0) is 25.0 Å². The first-order valence-corrected chi connectivity index (χ1v) is 9.03. The van der Waals surface area contributed by atoms with Crippen molar-refractivity contribution in [2.75, 3.05) is 13.7 Å². The Hall–Kier alpha value is -2.00. The maximum atomic E-state index is 14.2. The fourth-order valence-corrected chi connectivity index (χ4v) is 3.79. The van der Waals surface area contributed by atoms with E-state index in [1.54, 1.807) is 4.57 Å². The van der Waals surface area contributed by atoms with Crippen LogP contribution in [0.15, 0.2) is 23.2 Å². The number of carbonyl (C=O) groups excluding carboxylic acids is 1. The van der Waals surface area contributed by atoms with Crippen molar-refractivity contribution in [1.82, 2.24) is 4.57 Å². The quantitative estimate of drug-likeness (QED) is 0.688. The number of hydrogen-bond acceptors (Lipinski definition) is 3. The molecule has 1 amide bonds. The van der Waals surface area contributed by atoms with E-state index in [-0.39, 0.29) is 5.92 Å². The van der Waals surface area contributed by atoms with Gasteiger partial charge in [0, 0.05) is 24.2 Å². The second-order valence-corrected chi connectivity index (χ2v) is 7.22. The molecule has 0 aliphatic rings. The van der Waals surface area contributed by atoms with Gasteiger partial charge in [0.1, 0.15) is 5.82 Å². The van der Waals surface area contributed by atoms with Crippen molar-refractivity contribution in [2.45, 2.75) is 39.4 Å². The molecule has 0 fully saturated rings. The minimum Gasteiger partial charge on any atom is -0.383 e. The number of hydrogen-bond donors (Lipinski definition) is 0. The van der Waals surface area contributed by atoms with Crippen molar-refractivity contribution in [3.63, 3.8) is 0 Å². The second-order valence-electron chi connectivity index (χ2n) is 6.22. The van der Waals surface area contributed by atoms with E-state index in [0.717, 1.165) is 22.7 Å². The Morgan fingerprint density at radius 3 is 2.56 bits per heavy atom. The highest BCUT2D eigenvalue weighted by atomic mass is 32.1. The van der Waals surface area contributed by atoms with E-state index >= 15 is 0 Å². The molecule has 27 heavy (non-hydrogen) atoms. The van der Waals surface area contributed by atoms with Crippen LogP contribution in [0.25, 0.3) is 0 Å². The summed E-state index contributed by atoms with van der Waals surface area (Å²) < 4.78 is 59.6. The number of nitrogens with zero attached hydrogens (tertiary/aromatic N) is 2. The van der Waals surface area contributed by atoms with Crippen LogP contribution in [0.1, 0.15) is 46.3 Å². The lowest BCUT2D eigenvalue weighted by molar-refractivity contribution is -0.140. The Labute approximate surface area is 158 Å². The summed E-state index contributed by atoms with van der Waals surface area (Å²) in [6, 6.07) is 2.59. The maximum absolute atomic E-state index is 14.2. The highest BCUT2D eigenvalue weighted by molar-refractivity contribution is 7.09. The first-order chi connectivity index (χ1) is 12.6. The van der Waals surface area contributed by atoms with Crippen LogP contribution in [-0.2, 0) is 17.5 Å². The Kier molecular flexibility index (Phi) is 6.59. The molecular weight excluding hydrogens is 384 g/mol. The van der Waals surface area contributed by atoms with Crippen LogP contribution >= 0.6 is 11.3 Å². The van der Waals surface area contributed by atoms with E-state index in [1.165, 1.54) is 18.4 Å². The monoisotopic (exact) mass is 404 g/mol. The highest BCUT2D eigenvalue weighted by Gasteiger charge is 2.35. The molecule has 0 saturated carbocycles. The van der Waals surface area contributed by atoms with Crippen molar-refractivity contribution in [2.24, 2.45) is 4.99 Å². The number of benzene rings is 1. The van der Waals surface area contributed by atoms with Gasteiger partial charge in [0.2, 0.25) is 0 Å². The van der Waals surface area contributed by atoms with Gasteiger partial charge >= 0.3 is 6.18 Å². The van der Waals surface area contributed by atoms with Crippen molar-refractivity contribution in [1.29, 1.82) is 0 Å². The number of methoxy groups -OCH3 is 1. The molecule has 0 spiro atoms. The zero-order valence-electron chi connectivity index (χ0n) is 15.4. The van der Waals surface area contributed by atoms with Crippen LogP contribution in [0.5, 0.6) is 0 Å². The lowest BCUT2D eigenvalue weighted by Gasteiger charge is -2.09. The third kappa shape index (κ3) is 4.65. The molecule has 2 aromatic rings. The number of carbonyl (C=O) groups is 1. The van der Waals surface area contributed by atoms with E-state index in [2.05, 4.69) is 4.99 Å². The van der Waals surface area contributed by atoms with Gasteiger partial charge in [-0.1, -0.05) is 19.9 Å². The summed E-state index contributed by atoms with van der Waals surface area (Å²) in [5.74, 6) is -2.49. The summed E-state index contributed by atoms with van der Waals surface area (Å²) in [4.78, 5) is 17.6. The van der Waals surface area contributed by atoms with Gasteiger partial charge in [-0.2, -0.15) is 18.2 Å². The predicted molar refractivity (Wildman–Crippen MR) is 94.3 cm³/mol. The molecule has 0 aliphatic heterocycles. The van der Waals surface area contributed by atoms with Crippen molar-refractivity contribution >= 4 is 17.2 Å². The number of amides is 1. The first-order valence-electron chi connectivity index (χ1n) is 8.21. The van der Waals surface area contributed by atoms with Gasteiger partial charge in [0.05, 0.1) is 17.7 Å². The van der Waals surface area contributed by atoms with Gasteiger partial charge in [0.15, 0.2) is 4.80 Å². The van der Waals surface area contributed by atoms with E-state index in [9.17, 15) is 22.4 Å². The fraction of sp³-hybridized carbons (Fsp3) is 0.444. The van der Waals surface area contributed by atoms with Crippen LogP contribution < -0.4 is 4.80 Å². The molecule has 0 atom stereocenters. The first kappa shape index (κ1) is 21.3. The van der Waals surface area contributed by atoms with Crippen LogP contribution in [0.3, 0.4) is 0 Å². The van der Waals surface area contributed by atoms with Gasteiger partial charge in [-0.3, -0.25) is 4.79 Å². The number of rotatable bonds is 5. The standard InChI is InChI=1S/C18H20F4N2O2S/c1-10(2)15-11(3)24(8-9-26-4)17(27-15)23-16(25)12-6-5-7-13(14(12)19)18(20,21)22/h5-7,10H,8-9H2,1-4H3. The van der Waals surface area contributed by atoms with E-state index < -0.39 is 29.0 Å². The average molecular weight is 404 g/mol. The normalized spacial score (nSPS) is 12.9. The summed E-state index contributed by atoms with van der Waals surface area (Å²) in [5.41, 5.74) is -1.30. The molecule has 0 bridgehead atoms. The van der Waals surface area contributed by atoms with Crippen molar-refractivity contribution in [3.8, 4) is 0 Å². The summed E-state index contributed by atoms with van der Waals surface area (Å²) in [5, 5.41) is 0. The van der Waals surface area contributed by atoms with Gasteiger partial charge in [-0.25, -0.2) is 4.39 Å². The number of aromatic nitrogens is 1. The minimum atomic E-state index is -4.89. The Morgan fingerprint density at radius 2 is 2.00 bits per heavy atom. The SMILES string of the molecule is COCCn1c(C)c(C(C)C)sc1=NC(=O)c1cccc(C(F)(F)F)c1F. The molecule has 148 valence electrons. The minimum absolute atomic E-state index is 0.174. The average Bonchev–Trinajstić information content (AvgIpc) is 2.88. The smallest absolute Gasteiger partial charge is 0.383 e. The van der Waals surface area contributed by atoms with Crippen molar-refractivity contribution < 1.29 is 27.1 Å². The maximum Gasteiger partial charge on any atom is 0.419 e. The molecule has 0 N–H and O–H groups in total. The molecule has 9 heteroatoms. The topological polar surface area (TPSA) is 43.6 Å². The van der Waals surface area contributed by atoms with E-state index in [1.807, 2.05) is 20.8 Å². The molecule has 0 aliphatic carbocycles. The molecule has 1 aromatic carbocycles. The Balaban J connectivity index is 2.56. The van der Waals surface area contributed by atoms with Crippen LogP contribution in [0.2, 0.25) is 0 Å². The number of alkyl halides is 3. The molecule has 1 heterocycles. The fourth-order valence-electron chi connectivity index (χ4n) is 2.63. The number of halogens is 4. The Morgan fingerprint density at radius 1 is 1.33 bits per heavy atom. The van der Waals surface area contributed by atoms with Gasteiger partial charge < -0.3 is 9.30 Å². The molecule has 0 saturated heterocycles. The largest absolute Gasteiger partial charge is 0.419 e. The molecule has 0 unspecified atom stereocenters. The van der Waals surface area contributed by atoms with Crippen LogP contribution in [-0.4, -0.2) is 24.2 Å². The van der Waals surface area contributed by atoms with Crippen LogP contribution in [0.4, 0.5) is 17.6 Å². The highest BCUT2D eigenvalue weighted by Crippen LogP contribution is 2.32. The zero-order chi connectivity index (χ0) is 20.4. The number of ether oxygens (including phenoxy) is 1. The third-order valence-corrected chi connectivity index (χ3v) is 5.45. The van der Waals surface area contributed by atoms with E-state index in [0.29, 0.717) is 24.0 Å².